The molecule has 0 aromatic carbocycles. The third-order valence-electron chi connectivity index (χ3n) is 5.34. The third-order valence-corrected chi connectivity index (χ3v) is 5.34. The van der Waals surface area contributed by atoms with Crippen LogP contribution in [-0.2, 0) is 16.0 Å². The van der Waals surface area contributed by atoms with Gasteiger partial charge in [-0.05, 0) is 37.0 Å². The van der Waals surface area contributed by atoms with Crippen molar-refractivity contribution >= 4 is 23.2 Å². The SMILES string of the molecule is CC1CCCCC1.CCc1c(C(=O)C(N)=O)c2c(OCC(=O)O)cccn2c1C. The summed E-state index contributed by atoms with van der Waals surface area (Å²) >= 11 is 0. The molecule has 1 aliphatic carbocycles. The summed E-state index contributed by atoms with van der Waals surface area (Å²) in [7, 11) is 0. The number of hydrogen-bond acceptors (Lipinski definition) is 4. The molecule has 0 bridgehead atoms. The average molecular weight is 402 g/mol. The van der Waals surface area contributed by atoms with Gasteiger partial charge in [-0.25, -0.2) is 4.79 Å². The second-order valence-electron chi connectivity index (χ2n) is 7.50. The minimum atomic E-state index is -1.14. The molecular weight excluding hydrogens is 372 g/mol. The summed E-state index contributed by atoms with van der Waals surface area (Å²) in [6, 6.07) is 3.23. The molecule has 0 spiro atoms. The van der Waals surface area contributed by atoms with E-state index in [1.54, 1.807) is 22.7 Å². The molecule has 1 amide bonds. The molecular formula is C22H30N2O5. The number of fused-ring (bicyclic) bond motifs is 1. The van der Waals surface area contributed by atoms with Gasteiger partial charge in [0.2, 0.25) is 0 Å². The number of rotatable bonds is 6. The topological polar surface area (TPSA) is 111 Å². The van der Waals surface area contributed by atoms with Crippen molar-refractivity contribution in [3.05, 3.63) is 35.2 Å². The van der Waals surface area contributed by atoms with Crippen molar-refractivity contribution in [3.8, 4) is 5.75 Å². The first-order valence-corrected chi connectivity index (χ1v) is 10.1. The fraction of sp³-hybridized carbons (Fsp3) is 0.500. The second kappa shape index (κ2) is 10.1. The highest BCUT2D eigenvalue weighted by Crippen LogP contribution is 2.31. The van der Waals surface area contributed by atoms with E-state index in [0.717, 1.165) is 11.6 Å². The lowest BCUT2D eigenvalue weighted by Gasteiger charge is -2.15. The summed E-state index contributed by atoms with van der Waals surface area (Å²) in [5.41, 5.74) is 7.14. The molecule has 1 saturated carbocycles. The van der Waals surface area contributed by atoms with Crippen LogP contribution in [0.1, 0.15) is 67.6 Å². The van der Waals surface area contributed by atoms with Crippen molar-refractivity contribution < 1.29 is 24.2 Å². The number of carbonyl (C=O) groups is 3. The first-order chi connectivity index (χ1) is 13.8. The Balaban J connectivity index is 0.000000360. The van der Waals surface area contributed by atoms with Crippen molar-refractivity contribution in [1.82, 2.24) is 4.40 Å². The lowest BCUT2D eigenvalue weighted by molar-refractivity contribution is -0.139. The predicted molar refractivity (Wildman–Crippen MR) is 110 cm³/mol. The Morgan fingerprint density at radius 1 is 1.24 bits per heavy atom. The number of Topliss-reactive ketones (excluding diaryl/α,β-unsaturated/α-hetero) is 1. The number of amides is 1. The summed E-state index contributed by atoms with van der Waals surface area (Å²) in [5, 5.41) is 8.75. The molecule has 158 valence electrons. The molecule has 3 rings (SSSR count). The zero-order chi connectivity index (χ0) is 21.6. The number of aryl methyl sites for hydroxylation is 1. The number of carboxylic acids is 1. The van der Waals surface area contributed by atoms with E-state index in [2.05, 4.69) is 6.92 Å². The Labute approximate surface area is 170 Å². The second-order valence-corrected chi connectivity index (χ2v) is 7.50. The van der Waals surface area contributed by atoms with Crippen LogP contribution in [0.3, 0.4) is 0 Å². The Morgan fingerprint density at radius 3 is 2.38 bits per heavy atom. The van der Waals surface area contributed by atoms with Gasteiger partial charge in [-0.1, -0.05) is 46.0 Å². The molecule has 2 heterocycles. The maximum absolute atomic E-state index is 12.2. The van der Waals surface area contributed by atoms with Gasteiger partial charge in [-0.2, -0.15) is 0 Å². The van der Waals surface area contributed by atoms with Gasteiger partial charge in [-0.15, -0.1) is 0 Å². The molecule has 0 radical (unpaired) electrons. The molecule has 0 atom stereocenters. The highest BCUT2D eigenvalue weighted by molar-refractivity contribution is 6.44. The number of ether oxygens (including phenoxy) is 1. The Hall–Kier alpha value is -2.83. The molecule has 7 nitrogen and oxygen atoms in total. The van der Waals surface area contributed by atoms with Gasteiger partial charge >= 0.3 is 5.97 Å². The fourth-order valence-electron chi connectivity index (χ4n) is 3.84. The maximum Gasteiger partial charge on any atom is 0.341 e. The fourth-order valence-corrected chi connectivity index (χ4v) is 3.84. The van der Waals surface area contributed by atoms with Crippen LogP contribution in [-0.4, -0.2) is 33.8 Å². The molecule has 0 aliphatic heterocycles. The van der Waals surface area contributed by atoms with Crippen molar-refractivity contribution in [3.63, 3.8) is 0 Å². The maximum atomic E-state index is 12.2. The van der Waals surface area contributed by atoms with Crippen LogP contribution in [0.5, 0.6) is 5.75 Å². The predicted octanol–water partition coefficient (Wildman–Crippen LogP) is 3.53. The van der Waals surface area contributed by atoms with Crippen LogP contribution >= 0.6 is 0 Å². The number of carboxylic acid groups (broad SMARTS) is 1. The van der Waals surface area contributed by atoms with E-state index in [-0.39, 0.29) is 11.3 Å². The van der Waals surface area contributed by atoms with Gasteiger partial charge < -0.3 is 20.0 Å². The zero-order valence-corrected chi connectivity index (χ0v) is 17.4. The lowest BCUT2D eigenvalue weighted by Crippen LogP contribution is -2.24. The number of nitrogens with two attached hydrogens (primary N) is 1. The number of aliphatic carboxylic acids is 1. The molecule has 2 aromatic rings. The average Bonchev–Trinajstić information content (AvgIpc) is 2.99. The highest BCUT2D eigenvalue weighted by Gasteiger charge is 2.26. The van der Waals surface area contributed by atoms with Crippen LogP contribution < -0.4 is 10.5 Å². The molecule has 1 aliphatic rings. The van der Waals surface area contributed by atoms with Crippen LogP contribution in [0.2, 0.25) is 0 Å². The van der Waals surface area contributed by atoms with E-state index in [0.29, 0.717) is 17.5 Å². The number of pyridine rings is 1. The highest BCUT2D eigenvalue weighted by atomic mass is 16.5. The Bertz CT molecular complexity index is 894. The van der Waals surface area contributed by atoms with E-state index in [1.807, 2.05) is 13.8 Å². The van der Waals surface area contributed by atoms with E-state index in [1.165, 1.54) is 32.1 Å². The lowest BCUT2D eigenvalue weighted by atomic mass is 9.91. The standard InChI is InChI=1S/C15H16N2O5.C7H14/c1-3-9-8(2)17-6-4-5-10(22-7-11(18)19)13(17)12(9)14(20)15(16)21;1-7-5-3-2-4-6-7/h4-6H,3,7H2,1-2H3,(H2,16,21)(H,18,19);7H,2-6H2,1H3. The van der Waals surface area contributed by atoms with Gasteiger partial charge in [-0.3, -0.25) is 9.59 Å². The number of ketones is 1. The van der Waals surface area contributed by atoms with Gasteiger partial charge in [0.15, 0.2) is 6.61 Å². The minimum absolute atomic E-state index is 0.175. The van der Waals surface area contributed by atoms with Gasteiger partial charge in [0.05, 0.1) is 11.1 Å². The molecule has 2 aromatic heterocycles. The molecule has 3 N–H and O–H groups in total. The van der Waals surface area contributed by atoms with E-state index in [9.17, 15) is 14.4 Å². The number of primary amides is 1. The summed E-state index contributed by atoms with van der Waals surface area (Å²) in [4.78, 5) is 34.2. The van der Waals surface area contributed by atoms with Crippen molar-refractivity contribution in [1.29, 1.82) is 0 Å². The Kier molecular flexibility index (Phi) is 7.82. The summed E-state index contributed by atoms with van der Waals surface area (Å²) in [5.74, 6) is -1.75. The van der Waals surface area contributed by atoms with E-state index in [4.69, 9.17) is 15.6 Å². The molecule has 1 fully saturated rings. The number of hydrogen-bond donors (Lipinski definition) is 2. The van der Waals surface area contributed by atoms with Crippen LogP contribution in [0, 0.1) is 12.8 Å². The first-order valence-electron chi connectivity index (χ1n) is 10.1. The smallest absolute Gasteiger partial charge is 0.341 e. The summed E-state index contributed by atoms with van der Waals surface area (Å²) in [6.07, 6.45) is 9.68. The molecule has 7 heteroatoms. The largest absolute Gasteiger partial charge is 0.480 e. The monoisotopic (exact) mass is 402 g/mol. The normalized spacial score (nSPS) is 14.2. The van der Waals surface area contributed by atoms with Gasteiger partial charge in [0.1, 0.15) is 5.75 Å². The van der Waals surface area contributed by atoms with Crippen molar-refractivity contribution in [2.24, 2.45) is 11.7 Å². The first kappa shape index (κ1) is 22.5. The van der Waals surface area contributed by atoms with Crippen molar-refractivity contribution in [2.75, 3.05) is 6.61 Å². The quantitative estimate of drug-likeness (QED) is 0.567. The van der Waals surface area contributed by atoms with Gasteiger partial charge in [0.25, 0.3) is 11.7 Å². The molecule has 29 heavy (non-hydrogen) atoms. The third kappa shape index (κ3) is 5.37. The van der Waals surface area contributed by atoms with E-state index < -0.39 is 24.3 Å². The number of nitrogens with zero attached hydrogens (tertiary/aromatic N) is 1. The molecule has 0 saturated heterocycles. The van der Waals surface area contributed by atoms with E-state index >= 15 is 0 Å². The van der Waals surface area contributed by atoms with Gasteiger partial charge in [0, 0.05) is 11.9 Å². The Morgan fingerprint density at radius 2 is 1.90 bits per heavy atom. The zero-order valence-electron chi connectivity index (χ0n) is 17.4. The number of aromatic nitrogens is 1. The van der Waals surface area contributed by atoms with Crippen LogP contribution in [0.25, 0.3) is 5.52 Å². The summed E-state index contributed by atoms with van der Waals surface area (Å²) in [6.45, 7) is 5.48. The number of carbonyl (C=O) groups excluding carboxylic acids is 2. The molecule has 0 unspecified atom stereocenters. The van der Waals surface area contributed by atoms with Crippen LogP contribution in [0.4, 0.5) is 0 Å². The minimum Gasteiger partial charge on any atom is -0.480 e. The summed E-state index contributed by atoms with van der Waals surface area (Å²) < 4.78 is 6.94. The van der Waals surface area contributed by atoms with Crippen LogP contribution in [0.15, 0.2) is 18.3 Å². The van der Waals surface area contributed by atoms with Crippen molar-refractivity contribution in [2.45, 2.75) is 59.3 Å².